The van der Waals surface area contributed by atoms with Crippen LogP contribution in [0.1, 0.15) is 42.5 Å². The lowest BCUT2D eigenvalue weighted by Crippen LogP contribution is -2.32. The van der Waals surface area contributed by atoms with Crippen LogP contribution in [0.25, 0.3) is 0 Å². The molecule has 1 fully saturated rings. The van der Waals surface area contributed by atoms with Crippen LogP contribution in [0.4, 0.5) is 0 Å². The van der Waals surface area contributed by atoms with Crippen molar-refractivity contribution in [3.63, 3.8) is 0 Å². The number of hydrogen-bond acceptors (Lipinski definition) is 3. The number of benzene rings is 1. The van der Waals surface area contributed by atoms with Crippen LogP contribution >= 0.6 is 0 Å². The lowest BCUT2D eigenvalue weighted by atomic mass is 9.99. The number of esters is 1. The van der Waals surface area contributed by atoms with Crippen molar-refractivity contribution in [1.29, 1.82) is 0 Å². The third kappa shape index (κ3) is 3.10. The molecule has 18 heavy (non-hydrogen) atoms. The van der Waals surface area contributed by atoms with Gasteiger partial charge >= 0.3 is 5.97 Å². The molecule has 0 amide bonds. The summed E-state index contributed by atoms with van der Waals surface area (Å²) < 4.78 is 5.17. The monoisotopic (exact) mass is 247 g/mol. The van der Waals surface area contributed by atoms with Crippen molar-refractivity contribution in [3.05, 3.63) is 34.9 Å². The molecule has 1 aliphatic rings. The van der Waals surface area contributed by atoms with E-state index in [0.717, 1.165) is 24.0 Å². The number of rotatable bonds is 5. The molecule has 3 heteroatoms. The first-order valence-corrected chi connectivity index (χ1v) is 6.61. The molecular formula is C15H21NO2. The van der Waals surface area contributed by atoms with Crippen molar-refractivity contribution in [2.45, 2.75) is 45.7 Å². The SMILES string of the molecule is CCOC(=O)C(NC1CC1)c1ccc(C)cc1C. The summed E-state index contributed by atoms with van der Waals surface area (Å²) in [7, 11) is 0. The van der Waals surface area contributed by atoms with Gasteiger partial charge in [-0.05, 0) is 44.7 Å². The number of carbonyl (C=O) groups is 1. The van der Waals surface area contributed by atoms with E-state index in [4.69, 9.17) is 4.74 Å². The lowest BCUT2D eigenvalue weighted by molar-refractivity contribution is -0.145. The van der Waals surface area contributed by atoms with Crippen LogP contribution in [-0.2, 0) is 9.53 Å². The fourth-order valence-electron chi connectivity index (χ4n) is 2.15. The predicted octanol–water partition coefficient (Wildman–Crippen LogP) is 2.66. The van der Waals surface area contributed by atoms with Crippen molar-refractivity contribution < 1.29 is 9.53 Å². The van der Waals surface area contributed by atoms with Gasteiger partial charge < -0.3 is 4.74 Å². The molecule has 2 rings (SSSR count). The summed E-state index contributed by atoms with van der Waals surface area (Å²) in [6, 6.07) is 6.33. The van der Waals surface area contributed by atoms with Crippen molar-refractivity contribution in [1.82, 2.24) is 5.32 Å². The van der Waals surface area contributed by atoms with Gasteiger partial charge in [-0.25, -0.2) is 4.79 Å². The molecule has 0 aliphatic heterocycles. The van der Waals surface area contributed by atoms with Gasteiger partial charge in [-0.2, -0.15) is 0 Å². The number of nitrogens with one attached hydrogen (secondary N) is 1. The summed E-state index contributed by atoms with van der Waals surface area (Å²) in [6.07, 6.45) is 2.31. The molecule has 1 unspecified atom stereocenters. The zero-order valence-corrected chi connectivity index (χ0v) is 11.3. The first kappa shape index (κ1) is 13.1. The maximum absolute atomic E-state index is 12.1. The van der Waals surface area contributed by atoms with E-state index in [1.807, 2.05) is 26.0 Å². The number of aryl methyl sites for hydroxylation is 2. The molecule has 1 aromatic carbocycles. The van der Waals surface area contributed by atoms with Gasteiger partial charge in [-0.1, -0.05) is 23.8 Å². The van der Waals surface area contributed by atoms with Gasteiger partial charge in [0.05, 0.1) is 6.61 Å². The van der Waals surface area contributed by atoms with Gasteiger partial charge in [0.25, 0.3) is 0 Å². The van der Waals surface area contributed by atoms with Crippen LogP contribution in [-0.4, -0.2) is 18.6 Å². The highest BCUT2D eigenvalue weighted by atomic mass is 16.5. The Morgan fingerprint density at radius 2 is 2.17 bits per heavy atom. The van der Waals surface area contributed by atoms with Crippen molar-refractivity contribution in [2.75, 3.05) is 6.61 Å². The fourth-order valence-corrected chi connectivity index (χ4v) is 2.15. The summed E-state index contributed by atoms with van der Waals surface area (Å²) in [6.45, 7) is 6.37. The molecule has 1 N–H and O–H groups in total. The molecule has 0 saturated heterocycles. The van der Waals surface area contributed by atoms with E-state index >= 15 is 0 Å². The normalized spacial score (nSPS) is 16.4. The Morgan fingerprint density at radius 1 is 1.44 bits per heavy atom. The van der Waals surface area contributed by atoms with Gasteiger partial charge in [0.2, 0.25) is 0 Å². The van der Waals surface area contributed by atoms with Gasteiger partial charge in [-0.3, -0.25) is 5.32 Å². The molecule has 1 aromatic rings. The summed E-state index contributed by atoms with van der Waals surface area (Å²) in [4.78, 5) is 12.1. The van der Waals surface area contributed by atoms with E-state index in [0.29, 0.717) is 12.6 Å². The molecule has 1 atom stereocenters. The molecule has 1 aliphatic carbocycles. The second-order valence-corrected chi connectivity index (χ2v) is 4.99. The van der Waals surface area contributed by atoms with Crippen molar-refractivity contribution >= 4 is 5.97 Å². The number of ether oxygens (including phenoxy) is 1. The Hall–Kier alpha value is -1.35. The summed E-state index contributed by atoms with van der Waals surface area (Å²) >= 11 is 0. The van der Waals surface area contributed by atoms with Gasteiger partial charge in [-0.15, -0.1) is 0 Å². The maximum atomic E-state index is 12.1. The zero-order chi connectivity index (χ0) is 13.1. The Morgan fingerprint density at radius 3 is 2.72 bits per heavy atom. The Balaban J connectivity index is 2.23. The van der Waals surface area contributed by atoms with Gasteiger partial charge in [0, 0.05) is 6.04 Å². The Kier molecular flexibility index (Phi) is 4.02. The minimum Gasteiger partial charge on any atom is -0.465 e. The summed E-state index contributed by atoms with van der Waals surface area (Å²) in [5, 5.41) is 3.38. The molecule has 0 bridgehead atoms. The van der Waals surface area contributed by atoms with E-state index in [-0.39, 0.29) is 12.0 Å². The molecule has 1 saturated carbocycles. The first-order chi connectivity index (χ1) is 8.61. The molecular weight excluding hydrogens is 226 g/mol. The molecule has 3 nitrogen and oxygen atoms in total. The first-order valence-electron chi connectivity index (χ1n) is 6.61. The van der Waals surface area contributed by atoms with Crippen molar-refractivity contribution in [2.24, 2.45) is 0 Å². The third-order valence-electron chi connectivity index (χ3n) is 3.24. The van der Waals surface area contributed by atoms with Crippen molar-refractivity contribution in [3.8, 4) is 0 Å². The lowest BCUT2D eigenvalue weighted by Gasteiger charge is -2.19. The molecule has 98 valence electrons. The van der Waals surface area contributed by atoms with Crippen LogP contribution in [0.5, 0.6) is 0 Å². The number of hydrogen-bond donors (Lipinski definition) is 1. The molecule has 0 heterocycles. The van der Waals surface area contributed by atoms with Gasteiger partial charge in [0.1, 0.15) is 6.04 Å². The second kappa shape index (κ2) is 5.53. The van der Waals surface area contributed by atoms with Gasteiger partial charge in [0.15, 0.2) is 0 Å². The van der Waals surface area contributed by atoms with E-state index in [9.17, 15) is 4.79 Å². The van der Waals surface area contributed by atoms with Crippen LogP contribution in [0.2, 0.25) is 0 Å². The minimum atomic E-state index is -0.321. The van der Waals surface area contributed by atoms with E-state index in [2.05, 4.69) is 18.3 Å². The Labute approximate surface area is 109 Å². The number of carbonyl (C=O) groups excluding carboxylic acids is 1. The van der Waals surface area contributed by atoms with Crippen LogP contribution < -0.4 is 5.32 Å². The molecule has 0 spiro atoms. The minimum absolute atomic E-state index is 0.170. The second-order valence-electron chi connectivity index (χ2n) is 4.99. The Bertz CT molecular complexity index is 438. The summed E-state index contributed by atoms with van der Waals surface area (Å²) in [5.74, 6) is -0.170. The fraction of sp³-hybridized carbons (Fsp3) is 0.533. The largest absolute Gasteiger partial charge is 0.465 e. The smallest absolute Gasteiger partial charge is 0.327 e. The molecule has 0 radical (unpaired) electrons. The van der Waals surface area contributed by atoms with E-state index in [1.165, 1.54) is 5.56 Å². The van der Waals surface area contributed by atoms with Crippen LogP contribution in [0.3, 0.4) is 0 Å². The van der Waals surface area contributed by atoms with E-state index in [1.54, 1.807) is 0 Å². The quantitative estimate of drug-likeness (QED) is 0.813. The average Bonchev–Trinajstić information content (AvgIpc) is 3.11. The highest BCUT2D eigenvalue weighted by molar-refractivity contribution is 5.78. The molecule has 0 aromatic heterocycles. The predicted molar refractivity (Wildman–Crippen MR) is 71.4 cm³/mol. The van der Waals surface area contributed by atoms with Crippen LogP contribution in [0.15, 0.2) is 18.2 Å². The summed E-state index contributed by atoms with van der Waals surface area (Å²) in [5.41, 5.74) is 3.39. The third-order valence-corrected chi connectivity index (χ3v) is 3.24. The zero-order valence-electron chi connectivity index (χ0n) is 11.3. The highest BCUT2D eigenvalue weighted by Crippen LogP contribution is 2.27. The maximum Gasteiger partial charge on any atom is 0.327 e. The standard InChI is InChI=1S/C15H21NO2/c1-4-18-15(17)14(16-12-6-7-12)13-8-5-10(2)9-11(13)3/h5,8-9,12,14,16H,4,6-7H2,1-3H3. The average molecular weight is 247 g/mol. The van der Waals surface area contributed by atoms with Crippen LogP contribution in [0, 0.1) is 13.8 Å². The van der Waals surface area contributed by atoms with E-state index < -0.39 is 0 Å². The topological polar surface area (TPSA) is 38.3 Å². The highest BCUT2D eigenvalue weighted by Gasteiger charge is 2.31.